The lowest BCUT2D eigenvalue weighted by molar-refractivity contribution is -0.154. The molecule has 1 saturated heterocycles. The number of ether oxygens (including phenoxy) is 2. The Labute approximate surface area is 141 Å². The summed E-state index contributed by atoms with van der Waals surface area (Å²) < 4.78 is 10.6. The van der Waals surface area contributed by atoms with Gasteiger partial charge in [-0.05, 0) is 26.3 Å². The van der Waals surface area contributed by atoms with Crippen LogP contribution in [0.1, 0.15) is 39.2 Å². The molecule has 1 aliphatic rings. The second-order valence-electron chi connectivity index (χ2n) is 6.78. The number of rotatable bonds is 3. The van der Waals surface area contributed by atoms with E-state index in [0.29, 0.717) is 0 Å². The maximum Gasteiger partial charge on any atom is 0.411 e. The van der Waals surface area contributed by atoms with Crippen molar-refractivity contribution >= 4 is 17.8 Å². The molecule has 0 aliphatic carbocycles. The lowest BCUT2D eigenvalue weighted by Crippen LogP contribution is -2.52. The standard InChI is InChI=1S/C18H23NO5/c1-18(2,3)24-17(22)19-10-9-14(20)11-15(19)16(21)23-12-13-7-5-4-6-8-13/h4-8,15H,9-12H2,1-3H3/t15-/m0/s1. The Kier molecular flexibility index (Phi) is 5.59. The van der Waals surface area contributed by atoms with Crippen LogP contribution < -0.4 is 0 Å². The predicted octanol–water partition coefficient (Wildman–Crippen LogP) is 2.70. The first-order valence-corrected chi connectivity index (χ1v) is 7.98. The Morgan fingerprint density at radius 1 is 1.21 bits per heavy atom. The number of hydrogen-bond acceptors (Lipinski definition) is 5. The van der Waals surface area contributed by atoms with Gasteiger partial charge in [-0.2, -0.15) is 0 Å². The first-order chi connectivity index (χ1) is 11.3. The summed E-state index contributed by atoms with van der Waals surface area (Å²) in [6, 6.07) is 8.32. The first-order valence-electron chi connectivity index (χ1n) is 7.98. The van der Waals surface area contributed by atoms with Gasteiger partial charge in [0.1, 0.15) is 24.0 Å². The summed E-state index contributed by atoms with van der Waals surface area (Å²) in [5.74, 6) is -0.644. The molecule has 2 rings (SSSR count). The van der Waals surface area contributed by atoms with Gasteiger partial charge in [0.15, 0.2) is 0 Å². The molecule has 0 unspecified atom stereocenters. The van der Waals surface area contributed by atoms with E-state index in [1.165, 1.54) is 4.90 Å². The molecule has 0 bridgehead atoms. The predicted molar refractivity (Wildman–Crippen MR) is 87.2 cm³/mol. The van der Waals surface area contributed by atoms with Crippen LogP contribution in [0, 0.1) is 0 Å². The van der Waals surface area contributed by atoms with E-state index in [1.54, 1.807) is 20.8 Å². The quantitative estimate of drug-likeness (QED) is 0.795. The zero-order valence-electron chi connectivity index (χ0n) is 14.3. The molecule has 6 nitrogen and oxygen atoms in total. The number of benzene rings is 1. The molecule has 0 radical (unpaired) electrons. The topological polar surface area (TPSA) is 72.9 Å². The smallest absolute Gasteiger partial charge is 0.411 e. The summed E-state index contributed by atoms with van der Waals surface area (Å²) >= 11 is 0. The Bertz CT molecular complexity index is 606. The van der Waals surface area contributed by atoms with Crippen molar-refractivity contribution in [1.29, 1.82) is 0 Å². The third-order valence-corrected chi connectivity index (χ3v) is 3.55. The Hall–Kier alpha value is -2.37. The van der Waals surface area contributed by atoms with Gasteiger partial charge in [-0.15, -0.1) is 0 Å². The molecule has 24 heavy (non-hydrogen) atoms. The summed E-state index contributed by atoms with van der Waals surface area (Å²) in [6.45, 7) is 5.53. The first kappa shape index (κ1) is 18.0. The van der Waals surface area contributed by atoms with E-state index in [2.05, 4.69) is 0 Å². The van der Waals surface area contributed by atoms with Crippen LogP contribution >= 0.6 is 0 Å². The molecular weight excluding hydrogens is 310 g/mol. The molecule has 1 aromatic carbocycles. The highest BCUT2D eigenvalue weighted by molar-refractivity contribution is 5.91. The van der Waals surface area contributed by atoms with Gasteiger partial charge in [0, 0.05) is 19.4 Å². The third-order valence-electron chi connectivity index (χ3n) is 3.55. The lowest BCUT2D eigenvalue weighted by atomic mass is 10.0. The Balaban J connectivity index is 2.03. The van der Waals surface area contributed by atoms with Crippen molar-refractivity contribution in [2.24, 2.45) is 0 Å². The van der Waals surface area contributed by atoms with Crippen molar-refractivity contribution < 1.29 is 23.9 Å². The van der Waals surface area contributed by atoms with E-state index >= 15 is 0 Å². The second-order valence-corrected chi connectivity index (χ2v) is 6.78. The molecule has 1 aromatic rings. The highest BCUT2D eigenvalue weighted by Gasteiger charge is 2.38. The summed E-state index contributed by atoms with van der Waals surface area (Å²) in [7, 11) is 0. The van der Waals surface area contributed by atoms with Gasteiger partial charge < -0.3 is 9.47 Å². The monoisotopic (exact) mass is 333 g/mol. The molecule has 0 aromatic heterocycles. The van der Waals surface area contributed by atoms with Crippen LogP contribution in [0.4, 0.5) is 4.79 Å². The maximum absolute atomic E-state index is 12.4. The van der Waals surface area contributed by atoms with Crippen molar-refractivity contribution in [3.8, 4) is 0 Å². The van der Waals surface area contributed by atoms with Gasteiger partial charge in [0.05, 0.1) is 0 Å². The minimum atomic E-state index is -0.926. The number of carbonyl (C=O) groups is 3. The molecule has 1 fully saturated rings. The number of hydrogen-bond donors (Lipinski definition) is 0. The number of esters is 1. The van der Waals surface area contributed by atoms with Crippen molar-refractivity contribution in [2.75, 3.05) is 6.54 Å². The second kappa shape index (κ2) is 7.47. The lowest BCUT2D eigenvalue weighted by Gasteiger charge is -2.34. The molecule has 1 amide bonds. The number of likely N-dealkylation sites (tertiary alicyclic amines) is 1. The average molecular weight is 333 g/mol. The zero-order chi connectivity index (χ0) is 17.7. The molecular formula is C18H23NO5. The molecule has 1 heterocycles. The fourth-order valence-corrected chi connectivity index (χ4v) is 2.40. The van der Waals surface area contributed by atoms with E-state index in [-0.39, 0.29) is 31.8 Å². The van der Waals surface area contributed by atoms with Crippen LogP contribution in [-0.4, -0.2) is 40.9 Å². The van der Waals surface area contributed by atoms with Crippen molar-refractivity contribution in [1.82, 2.24) is 4.90 Å². The summed E-state index contributed by atoms with van der Waals surface area (Å²) in [6.07, 6.45) is -0.411. The van der Waals surface area contributed by atoms with Crippen molar-refractivity contribution in [3.63, 3.8) is 0 Å². The third kappa shape index (κ3) is 5.08. The Morgan fingerprint density at radius 3 is 2.50 bits per heavy atom. The highest BCUT2D eigenvalue weighted by Crippen LogP contribution is 2.20. The fourth-order valence-electron chi connectivity index (χ4n) is 2.40. The van der Waals surface area contributed by atoms with Gasteiger partial charge in [0.2, 0.25) is 0 Å². The number of carbonyl (C=O) groups excluding carboxylic acids is 3. The van der Waals surface area contributed by atoms with Crippen LogP contribution in [0.25, 0.3) is 0 Å². The Morgan fingerprint density at radius 2 is 1.88 bits per heavy atom. The van der Waals surface area contributed by atoms with Crippen LogP contribution in [0.5, 0.6) is 0 Å². The van der Waals surface area contributed by atoms with E-state index in [0.717, 1.165) is 5.56 Å². The summed E-state index contributed by atoms with van der Waals surface area (Å²) in [5.41, 5.74) is 0.175. The molecule has 1 atom stereocenters. The SMILES string of the molecule is CC(C)(C)OC(=O)N1CCC(=O)C[C@H]1C(=O)OCc1ccccc1. The van der Waals surface area contributed by atoms with E-state index in [4.69, 9.17) is 9.47 Å². The van der Waals surface area contributed by atoms with Crippen LogP contribution in [-0.2, 0) is 25.7 Å². The molecule has 0 spiro atoms. The highest BCUT2D eigenvalue weighted by atomic mass is 16.6. The molecule has 6 heteroatoms. The normalized spacial score (nSPS) is 18.2. The van der Waals surface area contributed by atoms with E-state index in [9.17, 15) is 14.4 Å². The van der Waals surface area contributed by atoms with Gasteiger partial charge >= 0.3 is 12.1 Å². The largest absolute Gasteiger partial charge is 0.459 e. The number of Topliss-reactive ketones (excluding diaryl/α,β-unsaturated/α-hetero) is 1. The minimum absolute atomic E-state index is 0.0349. The van der Waals surface area contributed by atoms with Gasteiger partial charge in [-0.1, -0.05) is 30.3 Å². The number of ketones is 1. The number of piperidine rings is 1. The van der Waals surface area contributed by atoms with Crippen LogP contribution in [0.15, 0.2) is 30.3 Å². The summed E-state index contributed by atoms with van der Waals surface area (Å²) in [4.78, 5) is 37.7. The molecule has 0 saturated carbocycles. The van der Waals surface area contributed by atoms with Crippen molar-refractivity contribution in [3.05, 3.63) is 35.9 Å². The zero-order valence-corrected chi connectivity index (χ0v) is 14.3. The van der Waals surface area contributed by atoms with Gasteiger partial charge in [-0.25, -0.2) is 9.59 Å². The summed E-state index contributed by atoms with van der Waals surface area (Å²) in [5, 5.41) is 0. The van der Waals surface area contributed by atoms with Gasteiger partial charge in [-0.3, -0.25) is 9.69 Å². The minimum Gasteiger partial charge on any atom is -0.459 e. The molecule has 130 valence electrons. The molecule has 0 N–H and O–H groups in total. The van der Waals surface area contributed by atoms with E-state index in [1.807, 2.05) is 30.3 Å². The number of amides is 1. The number of nitrogens with zero attached hydrogens (tertiary/aromatic N) is 1. The average Bonchev–Trinajstić information content (AvgIpc) is 2.51. The molecule has 1 aliphatic heterocycles. The van der Waals surface area contributed by atoms with E-state index < -0.39 is 23.7 Å². The maximum atomic E-state index is 12.4. The van der Waals surface area contributed by atoms with Crippen LogP contribution in [0.3, 0.4) is 0 Å². The fraction of sp³-hybridized carbons (Fsp3) is 0.500. The van der Waals surface area contributed by atoms with Crippen molar-refractivity contribution in [2.45, 2.75) is 51.9 Å². The van der Waals surface area contributed by atoms with Crippen LogP contribution in [0.2, 0.25) is 0 Å². The van der Waals surface area contributed by atoms with Gasteiger partial charge in [0.25, 0.3) is 0 Å².